The fraction of sp³-hybridized carbons (Fsp3) is 0.0833. The van der Waals surface area contributed by atoms with Crippen LogP contribution in [0, 0.1) is 12.8 Å². The molecule has 0 saturated carbocycles. The molecule has 0 bridgehead atoms. The van der Waals surface area contributed by atoms with Crippen molar-refractivity contribution in [1.82, 2.24) is 0 Å². The highest BCUT2D eigenvalue weighted by Gasteiger charge is 2.20. The van der Waals surface area contributed by atoms with E-state index in [1.54, 1.807) is 0 Å². The van der Waals surface area contributed by atoms with Gasteiger partial charge < -0.3 is 9.80 Å². The number of anilines is 5. The standard InChI is InChI=1S/C48H40N2/c1-35-31-45(49(43-17-5-3-6-18-43)47-29-25-39-13-9-11-15-41(39)33-47)27-23-37(35)21-22-38-24-28-46(32-36(38)2)50(44-19-7-4-8-20-44)48-30-26-40-14-10-12-16-42(40)34-48/h3-23,25-34,38H,24H2,1-2H3/b22-21+. The second-order valence-corrected chi connectivity index (χ2v) is 13.2. The molecule has 7 aromatic rings. The Bertz CT molecular complexity index is 2380. The molecule has 0 amide bonds. The van der Waals surface area contributed by atoms with Gasteiger partial charge in [-0.25, -0.2) is 0 Å². The number of aryl methyl sites for hydroxylation is 1. The van der Waals surface area contributed by atoms with Crippen LogP contribution >= 0.6 is 0 Å². The smallest absolute Gasteiger partial charge is 0.0468 e. The second kappa shape index (κ2) is 13.8. The van der Waals surface area contributed by atoms with E-state index in [0.717, 1.165) is 29.2 Å². The summed E-state index contributed by atoms with van der Waals surface area (Å²) in [5.74, 6) is 0.338. The third-order valence-corrected chi connectivity index (χ3v) is 9.83. The van der Waals surface area contributed by atoms with Crippen LogP contribution in [0.5, 0.6) is 0 Å². The number of para-hydroxylation sites is 2. The van der Waals surface area contributed by atoms with Crippen LogP contribution in [0.15, 0.2) is 193 Å². The predicted octanol–water partition coefficient (Wildman–Crippen LogP) is 13.5. The predicted molar refractivity (Wildman–Crippen MR) is 215 cm³/mol. The van der Waals surface area contributed by atoms with Crippen molar-refractivity contribution in [3.8, 4) is 0 Å². The highest BCUT2D eigenvalue weighted by atomic mass is 15.1. The summed E-state index contributed by atoms with van der Waals surface area (Å²) in [7, 11) is 0. The zero-order chi connectivity index (χ0) is 33.9. The third-order valence-electron chi connectivity index (χ3n) is 9.83. The van der Waals surface area contributed by atoms with Crippen molar-refractivity contribution in [2.75, 3.05) is 9.80 Å². The summed E-state index contributed by atoms with van der Waals surface area (Å²) in [6.07, 6.45) is 10.4. The number of benzene rings is 7. The molecule has 1 unspecified atom stereocenters. The number of allylic oxidation sites excluding steroid dienone is 4. The fourth-order valence-electron chi connectivity index (χ4n) is 7.10. The van der Waals surface area contributed by atoms with Crippen LogP contribution in [0.4, 0.5) is 28.4 Å². The summed E-state index contributed by atoms with van der Waals surface area (Å²) in [4.78, 5) is 4.73. The summed E-state index contributed by atoms with van der Waals surface area (Å²) < 4.78 is 0. The topological polar surface area (TPSA) is 6.48 Å². The van der Waals surface area contributed by atoms with Gasteiger partial charge in [-0.05, 0) is 120 Å². The Hall–Kier alpha value is -6.12. The molecule has 2 nitrogen and oxygen atoms in total. The van der Waals surface area contributed by atoms with E-state index in [-0.39, 0.29) is 0 Å². The largest absolute Gasteiger partial charge is 0.311 e. The molecule has 1 aliphatic rings. The molecule has 50 heavy (non-hydrogen) atoms. The van der Waals surface area contributed by atoms with Crippen LogP contribution < -0.4 is 9.80 Å². The van der Waals surface area contributed by atoms with E-state index >= 15 is 0 Å². The first-order chi connectivity index (χ1) is 24.6. The number of hydrogen-bond donors (Lipinski definition) is 0. The first-order valence-corrected chi connectivity index (χ1v) is 17.5. The minimum absolute atomic E-state index is 0.338. The van der Waals surface area contributed by atoms with Crippen molar-refractivity contribution in [3.05, 3.63) is 204 Å². The molecule has 1 aliphatic carbocycles. The SMILES string of the molecule is CC1=CC(N(c2ccccc2)c2ccc3ccccc3c2)=CCC1/C=C/c1ccc(N(c2ccccc2)c2ccc3ccccc3c2)cc1C. The lowest BCUT2D eigenvalue weighted by Gasteiger charge is -2.30. The van der Waals surface area contributed by atoms with Gasteiger partial charge in [-0.15, -0.1) is 0 Å². The molecule has 0 fully saturated rings. The Morgan fingerprint density at radius 1 is 0.480 bits per heavy atom. The highest BCUT2D eigenvalue weighted by Crippen LogP contribution is 2.39. The monoisotopic (exact) mass is 644 g/mol. The van der Waals surface area contributed by atoms with Gasteiger partial charge in [0.15, 0.2) is 0 Å². The van der Waals surface area contributed by atoms with E-state index in [0.29, 0.717) is 5.92 Å². The molecule has 0 radical (unpaired) electrons. The van der Waals surface area contributed by atoms with E-state index in [9.17, 15) is 0 Å². The number of fused-ring (bicyclic) bond motifs is 2. The van der Waals surface area contributed by atoms with Gasteiger partial charge in [-0.1, -0.05) is 127 Å². The highest BCUT2D eigenvalue weighted by molar-refractivity contribution is 5.90. The molecule has 7 aromatic carbocycles. The average molecular weight is 645 g/mol. The summed E-state index contributed by atoms with van der Waals surface area (Å²) in [5.41, 5.74) is 10.8. The number of rotatable bonds is 8. The Morgan fingerprint density at radius 3 is 1.56 bits per heavy atom. The van der Waals surface area contributed by atoms with Crippen molar-refractivity contribution >= 4 is 56.1 Å². The maximum atomic E-state index is 2.39. The summed E-state index contributed by atoms with van der Waals surface area (Å²) in [6, 6.07) is 58.7. The average Bonchev–Trinajstić information content (AvgIpc) is 3.16. The third kappa shape index (κ3) is 6.36. The second-order valence-electron chi connectivity index (χ2n) is 13.2. The molecule has 0 saturated heterocycles. The minimum atomic E-state index is 0.338. The van der Waals surface area contributed by atoms with Crippen molar-refractivity contribution < 1.29 is 0 Å². The normalized spacial score (nSPS) is 14.5. The zero-order valence-corrected chi connectivity index (χ0v) is 28.6. The Labute approximate surface area is 295 Å². The summed E-state index contributed by atoms with van der Waals surface area (Å²) in [5, 5.41) is 4.98. The Kier molecular flexibility index (Phi) is 8.59. The van der Waals surface area contributed by atoms with Crippen molar-refractivity contribution in [1.29, 1.82) is 0 Å². The number of nitrogens with zero attached hydrogens (tertiary/aromatic N) is 2. The van der Waals surface area contributed by atoms with E-state index in [2.05, 4.69) is 212 Å². The molecule has 0 aliphatic heterocycles. The Morgan fingerprint density at radius 2 is 0.980 bits per heavy atom. The van der Waals surface area contributed by atoms with Gasteiger partial charge in [-0.3, -0.25) is 0 Å². The van der Waals surface area contributed by atoms with Gasteiger partial charge >= 0.3 is 0 Å². The lowest BCUT2D eigenvalue weighted by Crippen LogP contribution is -2.18. The minimum Gasteiger partial charge on any atom is -0.311 e. The van der Waals surface area contributed by atoms with Gasteiger partial charge in [0.2, 0.25) is 0 Å². The van der Waals surface area contributed by atoms with E-state index in [4.69, 9.17) is 0 Å². The van der Waals surface area contributed by atoms with Gasteiger partial charge in [0.05, 0.1) is 0 Å². The summed E-state index contributed by atoms with van der Waals surface area (Å²) >= 11 is 0. The molecule has 2 heteroatoms. The van der Waals surface area contributed by atoms with Gasteiger partial charge in [0.25, 0.3) is 0 Å². The lowest BCUT2D eigenvalue weighted by atomic mass is 9.89. The van der Waals surface area contributed by atoms with Gasteiger partial charge in [0.1, 0.15) is 0 Å². The van der Waals surface area contributed by atoms with Crippen LogP contribution in [0.3, 0.4) is 0 Å². The van der Waals surface area contributed by atoms with E-state index < -0.39 is 0 Å². The van der Waals surface area contributed by atoms with E-state index in [1.165, 1.54) is 49.6 Å². The molecule has 0 heterocycles. The molecule has 1 atom stereocenters. The van der Waals surface area contributed by atoms with Crippen molar-refractivity contribution in [3.63, 3.8) is 0 Å². The molecular formula is C48H40N2. The molecule has 0 N–H and O–H groups in total. The van der Waals surface area contributed by atoms with Crippen LogP contribution in [0.1, 0.15) is 24.5 Å². The van der Waals surface area contributed by atoms with Crippen LogP contribution in [-0.2, 0) is 0 Å². The maximum Gasteiger partial charge on any atom is 0.0468 e. The van der Waals surface area contributed by atoms with Crippen molar-refractivity contribution in [2.45, 2.75) is 20.3 Å². The maximum absolute atomic E-state index is 2.39. The van der Waals surface area contributed by atoms with Gasteiger partial charge in [0, 0.05) is 40.1 Å². The fourth-order valence-corrected chi connectivity index (χ4v) is 7.10. The summed E-state index contributed by atoms with van der Waals surface area (Å²) in [6.45, 7) is 4.48. The van der Waals surface area contributed by atoms with E-state index in [1.807, 2.05) is 0 Å². The van der Waals surface area contributed by atoms with Crippen LogP contribution in [0.2, 0.25) is 0 Å². The van der Waals surface area contributed by atoms with Crippen molar-refractivity contribution in [2.24, 2.45) is 5.92 Å². The first-order valence-electron chi connectivity index (χ1n) is 17.5. The van der Waals surface area contributed by atoms with Gasteiger partial charge in [-0.2, -0.15) is 0 Å². The molecular weight excluding hydrogens is 605 g/mol. The van der Waals surface area contributed by atoms with Crippen LogP contribution in [-0.4, -0.2) is 0 Å². The Balaban J connectivity index is 1.06. The molecule has 8 rings (SSSR count). The first kappa shape index (κ1) is 31.2. The zero-order valence-electron chi connectivity index (χ0n) is 28.6. The quantitative estimate of drug-likeness (QED) is 0.162. The van der Waals surface area contributed by atoms with Crippen LogP contribution in [0.25, 0.3) is 27.6 Å². The lowest BCUT2D eigenvalue weighted by molar-refractivity contribution is 0.757. The molecule has 242 valence electrons. The number of hydrogen-bond acceptors (Lipinski definition) is 2. The molecule has 0 aromatic heterocycles. The molecule has 0 spiro atoms.